The topological polar surface area (TPSA) is 34.1 Å². The highest BCUT2D eigenvalue weighted by molar-refractivity contribution is 9.47. The Kier molecular flexibility index (Phi) is 3.72. The molecule has 0 aliphatic rings. The lowest BCUT2D eigenvalue weighted by Gasteiger charge is -2.08. The maximum atomic E-state index is 11.1. The average molecular weight is 277 g/mol. The Balaban J connectivity index is 3.01. The molecule has 4 heteroatoms. The molecule has 0 radical (unpaired) electrons. The van der Waals surface area contributed by atoms with E-state index in [4.69, 9.17) is 0 Å². The number of rotatable bonds is 3. The standard InChI is InChI=1S/C10H13BrO2S/c1-3-8(2)9-4-6-10(7-5-9)14(11,12)13/h4-8H,3H2,1-2H3. The van der Waals surface area contributed by atoms with E-state index in [9.17, 15) is 8.42 Å². The Morgan fingerprint density at radius 3 is 2.14 bits per heavy atom. The predicted molar refractivity (Wildman–Crippen MR) is 61.3 cm³/mol. The Morgan fingerprint density at radius 2 is 1.79 bits per heavy atom. The van der Waals surface area contributed by atoms with E-state index in [0.717, 1.165) is 6.42 Å². The molecule has 0 spiro atoms. The van der Waals surface area contributed by atoms with E-state index in [2.05, 4.69) is 28.7 Å². The van der Waals surface area contributed by atoms with Crippen molar-refractivity contribution in [1.29, 1.82) is 0 Å². The van der Waals surface area contributed by atoms with Gasteiger partial charge >= 0.3 is 0 Å². The van der Waals surface area contributed by atoms with Crippen molar-refractivity contribution in [2.45, 2.75) is 31.1 Å². The van der Waals surface area contributed by atoms with Gasteiger partial charge < -0.3 is 0 Å². The minimum Gasteiger partial charge on any atom is -0.212 e. The van der Waals surface area contributed by atoms with Gasteiger partial charge in [-0.1, -0.05) is 26.0 Å². The normalized spacial score (nSPS) is 13.9. The lowest BCUT2D eigenvalue weighted by molar-refractivity contribution is 0.611. The number of hydrogen-bond acceptors (Lipinski definition) is 2. The van der Waals surface area contributed by atoms with Gasteiger partial charge in [-0.2, -0.15) is 0 Å². The summed E-state index contributed by atoms with van der Waals surface area (Å²) in [6, 6.07) is 6.99. The first-order chi connectivity index (χ1) is 6.45. The molecule has 0 saturated heterocycles. The highest BCUT2D eigenvalue weighted by Crippen LogP contribution is 2.22. The summed E-state index contributed by atoms with van der Waals surface area (Å²) in [5, 5.41) is 0. The summed E-state index contributed by atoms with van der Waals surface area (Å²) in [6.07, 6.45) is 1.06. The van der Waals surface area contributed by atoms with Crippen LogP contribution < -0.4 is 0 Å². The minimum atomic E-state index is -3.24. The third kappa shape index (κ3) is 2.82. The molecule has 0 aromatic heterocycles. The van der Waals surface area contributed by atoms with Gasteiger partial charge in [-0.3, -0.25) is 0 Å². The summed E-state index contributed by atoms with van der Waals surface area (Å²) < 4.78 is 22.2. The van der Waals surface area contributed by atoms with E-state index in [0.29, 0.717) is 10.8 Å². The summed E-state index contributed by atoms with van der Waals surface area (Å²) in [4.78, 5) is 0.310. The molecule has 1 unspecified atom stereocenters. The van der Waals surface area contributed by atoms with Gasteiger partial charge in [0.2, 0.25) is 8.27 Å². The zero-order valence-electron chi connectivity index (χ0n) is 8.20. The molecule has 0 fully saturated rings. The van der Waals surface area contributed by atoms with Crippen molar-refractivity contribution in [1.82, 2.24) is 0 Å². The van der Waals surface area contributed by atoms with Crippen LogP contribution in [0.3, 0.4) is 0 Å². The zero-order chi connectivity index (χ0) is 10.8. The van der Waals surface area contributed by atoms with Crippen LogP contribution >= 0.6 is 14.8 Å². The van der Waals surface area contributed by atoms with E-state index >= 15 is 0 Å². The SMILES string of the molecule is CCC(C)c1ccc(S(=O)(=O)Br)cc1. The van der Waals surface area contributed by atoms with Crippen molar-refractivity contribution in [2.75, 3.05) is 0 Å². The van der Waals surface area contributed by atoms with Crippen LogP contribution in [-0.4, -0.2) is 8.42 Å². The smallest absolute Gasteiger partial charge is 0.212 e. The minimum absolute atomic E-state index is 0.310. The van der Waals surface area contributed by atoms with E-state index in [-0.39, 0.29) is 0 Å². The molecule has 2 nitrogen and oxygen atoms in total. The molecule has 1 rings (SSSR count). The Bertz CT molecular complexity index is 395. The second-order valence-electron chi connectivity index (χ2n) is 3.32. The van der Waals surface area contributed by atoms with Crippen LogP contribution in [0.4, 0.5) is 0 Å². The van der Waals surface area contributed by atoms with Crippen LogP contribution in [0, 0.1) is 0 Å². The predicted octanol–water partition coefficient (Wildman–Crippen LogP) is 3.28. The first-order valence-corrected chi connectivity index (χ1v) is 7.82. The van der Waals surface area contributed by atoms with Crippen molar-refractivity contribution in [3.63, 3.8) is 0 Å². The molecule has 0 saturated carbocycles. The fourth-order valence-electron chi connectivity index (χ4n) is 1.19. The Labute approximate surface area is 92.5 Å². The van der Waals surface area contributed by atoms with Crippen LogP contribution in [-0.2, 0) is 8.27 Å². The van der Waals surface area contributed by atoms with Gasteiger partial charge in [0, 0.05) is 0 Å². The van der Waals surface area contributed by atoms with Crippen LogP contribution in [0.2, 0.25) is 0 Å². The van der Waals surface area contributed by atoms with Crippen molar-refractivity contribution < 1.29 is 8.42 Å². The summed E-state index contributed by atoms with van der Waals surface area (Å²) >= 11 is 2.64. The van der Waals surface area contributed by atoms with Gasteiger partial charge in [-0.25, -0.2) is 8.42 Å². The Hall–Kier alpha value is -0.350. The first kappa shape index (κ1) is 11.7. The van der Waals surface area contributed by atoms with Gasteiger partial charge in [-0.05, 0) is 30.0 Å². The third-order valence-corrected chi connectivity index (χ3v) is 4.30. The number of hydrogen-bond donors (Lipinski definition) is 0. The van der Waals surface area contributed by atoms with E-state index in [1.165, 1.54) is 5.56 Å². The highest BCUT2D eigenvalue weighted by Gasteiger charge is 2.09. The maximum absolute atomic E-state index is 11.1. The molecule has 0 bridgehead atoms. The molecule has 0 amide bonds. The molecular formula is C10H13BrO2S. The average Bonchev–Trinajstić information content (AvgIpc) is 2.15. The maximum Gasteiger partial charge on any atom is 0.237 e. The van der Waals surface area contributed by atoms with Gasteiger partial charge in [-0.15, -0.1) is 0 Å². The van der Waals surface area contributed by atoms with Crippen LogP contribution in [0.15, 0.2) is 29.2 Å². The van der Waals surface area contributed by atoms with E-state index in [1.807, 2.05) is 12.1 Å². The molecule has 0 aliphatic heterocycles. The largest absolute Gasteiger partial charge is 0.237 e. The molecule has 0 N–H and O–H groups in total. The molecule has 1 aromatic carbocycles. The summed E-state index contributed by atoms with van der Waals surface area (Å²) in [7, 11) is -3.24. The second-order valence-corrected chi connectivity index (χ2v) is 7.22. The highest BCUT2D eigenvalue weighted by atomic mass is 79.9. The summed E-state index contributed by atoms with van der Waals surface area (Å²) in [5.41, 5.74) is 1.17. The molecule has 1 aromatic rings. The fourth-order valence-corrected chi connectivity index (χ4v) is 2.30. The molecular weight excluding hydrogens is 264 g/mol. The van der Waals surface area contributed by atoms with Crippen molar-refractivity contribution in [2.24, 2.45) is 0 Å². The fraction of sp³-hybridized carbons (Fsp3) is 0.400. The Morgan fingerprint density at radius 1 is 1.29 bits per heavy atom. The lowest BCUT2D eigenvalue weighted by Crippen LogP contribution is -1.93. The van der Waals surface area contributed by atoms with Crippen molar-refractivity contribution in [3.8, 4) is 0 Å². The summed E-state index contributed by atoms with van der Waals surface area (Å²) in [6.45, 7) is 4.23. The van der Waals surface area contributed by atoms with Crippen LogP contribution in [0.5, 0.6) is 0 Å². The van der Waals surface area contributed by atoms with Crippen LogP contribution in [0.25, 0.3) is 0 Å². The lowest BCUT2D eigenvalue weighted by atomic mass is 9.99. The molecule has 0 heterocycles. The zero-order valence-corrected chi connectivity index (χ0v) is 10.6. The van der Waals surface area contributed by atoms with E-state index < -0.39 is 8.27 Å². The second kappa shape index (κ2) is 4.45. The van der Waals surface area contributed by atoms with Crippen molar-refractivity contribution in [3.05, 3.63) is 29.8 Å². The third-order valence-electron chi connectivity index (χ3n) is 2.34. The van der Waals surface area contributed by atoms with Crippen molar-refractivity contribution >= 4 is 23.1 Å². The van der Waals surface area contributed by atoms with Gasteiger partial charge in [0.05, 0.1) is 19.7 Å². The summed E-state index contributed by atoms with van der Waals surface area (Å²) in [5.74, 6) is 0.474. The monoisotopic (exact) mass is 276 g/mol. The molecule has 78 valence electrons. The van der Waals surface area contributed by atoms with E-state index in [1.54, 1.807) is 12.1 Å². The number of halogens is 1. The molecule has 1 atom stereocenters. The van der Waals surface area contributed by atoms with Gasteiger partial charge in [0.1, 0.15) is 0 Å². The molecule has 0 aliphatic carbocycles. The molecule has 14 heavy (non-hydrogen) atoms. The number of benzene rings is 1. The van der Waals surface area contributed by atoms with Gasteiger partial charge in [0.15, 0.2) is 0 Å². The quantitative estimate of drug-likeness (QED) is 0.794. The van der Waals surface area contributed by atoms with Gasteiger partial charge in [0.25, 0.3) is 0 Å². The first-order valence-electron chi connectivity index (χ1n) is 4.49. The van der Waals surface area contributed by atoms with Crippen LogP contribution in [0.1, 0.15) is 31.7 Å².